The molecule has 1 aliphatic heterocycles. The number of carbonyl (C=O) groups excluding carboxylic acids is 2. The number of aryl methyl sites for hydroxylation is 1. The molecule has 0 atom stereocenters. The molecule has 192 valence electrons. The quantitative estimate of drug-likeness (QED) is 0.410. The van der Waals surface area contributed by atoms with Crippen LogP contribution in [0, 0.1) is 6.92 Å². The van der Waals surface area contributed by atoms with Crippen molar-refractivity contribution in [2.24, 2.45) is 0 Å². The lowest BCUT2D eigenvalue weighted by Crippen LogP contribution is -2.49. The summed E-state index contributed by atoms with van der Waals surface area (Å²) in [6.07, 6.45) is 0. The zero-order chi connectivity index (χ0) is 26.5. The van der Waals surface area contributed by atoms with Crippen molar-refractivity contribution < 1.29 is 14.3 Å². The van der Waals surface area contributed by atoms with Crippen molar-refractivity contribution in [2.45, 2.75) is 6.92 Å². The molecule has 1 fully saturated rings. The number of hydrogen-bond acceptors (Lipinski definition) is 5. The first-order chi connectivity index (χ1) is 17.8. The molecular formula is C27H26Cl2N4O3S. The normalized spacial score (nSPS) is 13.2. The minimum absolute atomic E-state index is 0.0517. The van der Waals surface area contributed by atoms with E-state index in [0.29, 0.717) is 53.2 Å². The molecule has 1 heterocycles. The maximum Gasteiger partial charge on any atom is 0.257 e. The van der Waals surface area contributed by atoms with Crippen LogP contribution in [0.5, 0.6) is 5.75 Å². The number of hydrogen-bond donors (Lipinski definition) is 2. The molecule has 2 amide bonds. The number of thiocarbonyl (C=S) groups is 1. The van der Waals surface area contributed by atoms with Gasteiger partial charge in [-0.2, -0.15) is 0 Å². The fourth-order valence-corrected chi connectivity index (χ4v) is 4.89. The first-order valence-corrected chi connectivity index (χ1v) is 12.8. The van der Waals surface area contributed by atoms with Crippen molar-refractivity contribution in [2.75, 3.05) is 43.5 Å². The SMILES string of the molecule is COc1ccc(C(=O)NC(=S)Nc2ccc(N3CCN(C(=O)c4ccccc4C)CC3)c(Cl)c2)cc1Cl. The Morgan fingerprint density at radius 1 is 0.946 bits per heavy atom. The number of benzene rings is 3. The van der Waals surface area contributed by atoms with Crippen molar-refractivity contribution >= 4 is 63.7 Å². The van der Waals surface area contributed by atoms with Gasteiger partial charge in [0, 0.05) is 43.0 Å². The third kappa shape index (κ3) is 6.33. The molecule has 0 radical (unpaired) electrons. The summed E-state index contributed by atoms with van der Waals surface area (Å²) in [5.74, 6) is 0.131. The van der Waals surface area contributed by atoms with E-state index in [1.54, 1.807) is 18.2 Å². The Bertz CT molecular complexity index is 1340. The highest BCUT2D eigenvalue weighted by atomic mass is 35.5. The maximum absolute atomic E-state index is 12.9. The Morgan fingerprint density at radius 2 is 1.68 bits per heavy atom. The van der Waals surface area contributed by atoms with Crippen LogP contribution in [0.4, 0.5) is 11.4 Å². The summed E-state index contributed by atoms with van der Waals surface area (Å²) >= 11 is 18.0. The number of piperazine rings is 1. The molecule has 0 aromatic heterocycles. The molecule has 0 spiro atoms. The number of ether oxygens (including phenoxy) is 1. The molecule has 0 unspecified atom stereocenters. The number of halogens is 2. The van der Waals surface area contributed by atoms with Gasteiger partial charge in [0.05, 0.1) is 22.8 Å². The fourth-order valence-electron chi connectivity index (χ4n) is 4.12. The summed E-state index contributed by atoms with van der Waals surface area (Å²) in [5.41, 5.74) is 3.58. The van der Waals surface area contributed by atoms with E-state index in [1.807, 2.05) is 48.2 Å². The third-order valence-electron chi connectivity index (χ3n) is 6.13. The Hall–Kier alpha value is -3.33. The smallest absolute Gasteiger partial charge is 0.257 e. The predicted octanol–water partition coefficient (Wildman–Crippen LogP) is 5.40. The van der Waals surface area contributed by atoms with Crippen LogP contribution in [-0.4, -0.2) is 55.1 Å². The highest BCUT2D eigenvalue weighted by molar-refractivity contribution is 7.80. The van der Waals surface area contributed by atoms with Crippen molar-refractivity contribution in [3.63, 3.8) is 0 Å². The maximum atomic E-state index is 12.9. The van der Waals surface area contributed by atoms with Crippen LogP contribution in [0.25, 0.3) is 0 Å². The molecule has 4 rings (SSSR count). The first kappa shape index (κ1) is 26.7. The number of nitrogens with one attached hydrogen (secondary N) is 2. The van der Waals surface area contributed by atoms with Crippen LogP contribution in [-0.2, 0) is 0 Å². The molecule has 1 saturated heterocycles. The molecule has 0 bridgehead atoms. The molecule has 3 aromatic carbocycles. The van der Waals surface area contributed by atoms with Crippen molar-refractivity contribution in [1.29, 1.82) is 0 Å². The number of methoxy groups -OCH3 is 1. The van der Waals surface area contributed by atoms with Gasteiger partial charge in [-0.05, 0) is 67.2 Å². The van der Waals surface area contributed by atoms with Crippen molar-refractivity contribution in [1.82, 2.24) is 10.2 Å². The summed E-state index contributed by atoms with van der Waals surface area (Å²) in [7, 11) is 1.50. The lowest BCUT2D eigenvalue weighted by Gasteiger charge is -2.36. The summed E-state index contributed by atoms with van der Waals surface area (Å²) < 4.78 is 5.11. The Labute approximate surface area is 231 Å². The van der Waals surface area contributed by atoms with Crippen LogP contribution in [0.15, 0.2) is 60.7 Å². The average Bonchev–Trinajstić information content (AvgIpc) is 2.88. The molecule has 37 heavy (non-hydrogen) atoms. The van der Waals surface area contributed by atoms with Gasteiger partial charge in [0.2, 0.25) is 0 Å². The van der Waals surface area contributed by atoms with E-state index in [0.717, 1.165) is 16.8 Å². The summed E-state index contributed by atoms with van der Waals surface area (Å²) in [6.45, 7) is 4.50. The second kappa shape index (κ2) is 11.8. The van der Waals surface area contributed by atoms with E-state index >= 15 is 0 Å². The topological polar surface area (TPSA) is 73.9 Å². The molecule has 2 N–H and O–H groups in total. The van der Waals surface area contributed by atoms with Crippen LogP contribution in [0.2, 0.25) is 10.0 Å². The van der Waals surface area contributed by atoms with Crippen molar-refractivity contribution in [3.8, 4) is 5.75 Å². The minimum Gasteiger partial charge on any atom is -0.495 e. The standard InChI is InChI=1S/C27H26Cl2N4O3S/c1-17-5-3-4-6-20(17)26(35)33-13-11-32(12-14-33)23-9-8-19(16-21(23)28)30-27(37)31-25(34)18-7-10-24(36-2)22(29)15-18/h3-10,15-16H,11-14H2,1-2H3,(H2,30,31,34,37). The highest BCUT2D eigenvalue weighted by Gasteiger charge is 2.24. The highest BCUT2D eigenvalue weighted by Crippen LogP contribution is 2.30. The van der Waals surface area contributed by atoms with Gasteiger partial charge in [-0.3, -0.25) is 14.9 Å². The number of amides is 2. The van der Waals surface area contributed by atoms with Crippen LogP contribution < -0.4 is 20.3 Å². The monoisotopic (exact) mass is 556 g/mol. The molecular weight excluding hydrogens is 531 g/mol. The van der Waals surface area contributed by atoms with E-state index in [9.17, 15) is 9.59 Å². The van der Waals surface area contributed by atoms with Gasteiger partial charge in [-0.1, -0.05) is 41.4 Å². The van der Waals surface area contributed by atoms with Gasteiger partial charge in [-0.25, -0.2) is 0 Å². The number of nitrogens with zero attached hydrogens (tertiary/aromatic N) is 2. The molecule has 3 aromatic rings. The largest absolute Gasteiger partial charge is 0.495 e. The lowest BCUT2D eigenvalue weighted by molar-refractivity contribution is 0.0746. The van der Waals surface area contributed by atoms with Gasteiger partial charge in [0.15, 0.2) is 5.11 Å². The minimum atomic E-state index is -0.400. The zero-order valence-electron chi connectivity index (χ0n) is 20.4. The summed E-state index contributed by atoms with van der Waals surface area (Å²) in [6, 6.07) is 17.9. The van der Waals surface area contributed by atoms with Gasteiger partial charge >= 0.3 is 0 Å². The average molecular weight is 558 g/mol. The Morgan fingerprint density at radius 3 is 2.32 bits per heavy atom. The third-order valence-corrected chi connectivity index (χ3v) is 6.93. The van der Waals surface area contributed by atoms with Gasteiger partial charge in [0.1, 0.15) is 5.75 Å². The number of rotatable bonds is 5. The second-order valence-electron chi connectivity index (χ2n) is 8.52. The Balaban J connectivity index is 1.33. The lowest BCUT2D eigenvalue weighted by atomic mass is 10.1. The van der Waals surface area contributed by atoms with Crippen LogP contribution in [0.3, 0.4) is 0 Å². The molecule has 0 aliphatic carbocycles. The van der Waals surface area contributed by atoms with E-state index in [2.05, 4.69) is 15.5 Å². The molecule has 1 aliphatic rings. The van der Waals surface area contributed by atoms with Gasteiger partial charge in [-0.15, -0.1) is 0 Å². The van der Waals surface area contributed by atoms with Crippen molar-refractivity contribution in [3.05, 3.63) is 87.4 Å². The summed E-state index contributed by atoms with van der Waals surface area (Å²) in [5, 5.41) is 6.61. The van der Waals surface area contributed by atoms with E-state index < -0.39 is 5.91 Å². The van der Waals surface area contributed by atoms with E-state index in [1.165, 1.54) is 13.2 Å². The Kier molecular flexibility index (Phi) is 8.53. The van der Waals surface area contributed by atoms with E-state index in [-0.39, 0.29) is 11.0 Å². The number of carbonyl (C=O) groups is 2. The fraction of sp³-hybridized carbons (Fsp3) is 0.222. The predicted molar refractivity (Wildman–Crippen MR) is 152 cm³/mol. The molecule has 10 heteroatoms. The van der Waals surface area contributed by atoms with Crippen LogP contribution >= 0.6 is 35.4 Å². The zero-order valence-corrected chi connectivity index (χ0v) is 22.7. The molecule has 0 saturated carbocycles. The summed E-state index contributed by atoms with van der Waals surface area (Å²) in [4.78, 5) is 29.4. The number of anilines is 2. The molecule has 7 nitrogen and oxygen atoms in total. The first-order valence-electron chi connectivity index (χ1n) is 11.6. The van der Waals surface area contributed by atoms with E-state index in [4.69, 9.17) is 40.2 Å². The van der Waals surface area contributed by atoms with Crippen LogP contribution in [0.1, 0.15) is 26.3 Å². The van der Waals surface area contributed by atoms with Gasteiger partial charge < -0.3 is 19.9 Å². The second-order valence-corrected chi connectivity index (χ2v) is 9.74. The van der Waals surface area contributed by atoms with Gasteiger partial charge in [0.25, 0.3) is 11.8 Å².